The summed E-state index contributed by atoms with van der Waals surface area (Å²) in [5.41, 5.74) is 0.737. The van der Waals surface area contributed by atoms with E-state index in [1.165, 1.54) is 0 Å². The van der Waals surface area contributed by atoms with E-state index in [9.17, 15) is 4.57 Å². The number of para-hydroxylation sites is 3. The highest BCUT2D eigenvalue weighted by atomic mass is 31.2. The standard InChI is InChI=1S/C22H25N2O3P/c1-3-23(4-2)24(20-14-8-5-9-15-20)28(25,26-21-16-10-6-11-17-21)27-22-18-12-7-13-19-22/h5-19H,3-4H2,1-2H3. The molecule has 3 aromatic rings. The molecule has 28 heavy (non-hydrogen) atoms. The van der Waals surface area contributed by atoms with Crippen molar-refractivity contribution in [1.82, 2.24) is 5.01 Å². The van der Waals surface area contributed by atoms with Crippen molar-refractivity contribution in [1.29, 1.82) is 0 Å². The first kappa shape index (κ1) is 20.0. The van der Waals surface area contributed by atoms with Crippen LogP contribution in [-0.4, -0.2) is 18.1 Å². The largest absolute Gasteiger partial charge is 0.559 e. The molecule has 0 N–H and O–H groups in total. The molecule has 0 spiro atoms. The van der Waals surface area contributed by atoms with Gasteiger partial charge >= 0.3 is 7.75 Å². The van der Waals surface area contributed by atoms with Crippen LogP contribution in [0.5, 0.6) is 11.5 Å². The molecule has 0 saturated heterocycles. The Morgan fingerprint density at radius 2 is 1.07 bits per heavy atom. The quantitative estimate of drug-likeness (QED) is 0.327. The molecule has 0 aliphatic rings. The summed E-state index contributed by atoms with van der Waals surface area (Å²) in [7, 11) is -3.83. The SMILES string of the molecule is CCN(CC)N(c1ccccc1)P(=O)(Oc1ccccc1)Oc1ccccc1. The number of nitrogens with zero attached hydrogens (tertiary/aromatic N) is 2. The molecular formula is C22H25N2O3P. The van der Waals surface area contributed by atoms with Gasteiger partial charge < -0.3 is 9.05 Å². The Kier molecular flexibility index (Phi) is 6.75. The lowest BCUT2D eigenvalue weighted by Crippen LogP contribution is -2.42. The van der Waals surface area contributed by atoms with Crippen molar-refractivity contribution in [3.63, 3.8) is 0 Å². The average molecular weight is 396 g/mol. The number of benzene rings is 3. The third-order valence-corrected chi connectivity index (χ3v) is 5.98. The molecule has 3 aromatic carbocycles. The van der Waals surface area contributed by atoms with Gasteiger partial charge in [-0.3, -0.25) is 0 Å². The van der Waals surface area contributed by atoms with E-state index in [1.807, 2.05) is 85.6 Å². The maximum Gasteiger partial charge on any atom is 0.559 e. The summed E-state index contributed by atoms with van der Waals surface area (Å²) in [6.07, 6.45) is 0. The fraction of sp³-hybridized carbons (Fsp3) is 0.182. The number of hydrogen-bond acceptors (Lipinski definition) is 4. The summed E-state index contributed by atoms with van der Waals surface area (Å²) in [5.74, 6) is 0.963. The van der Waals surface area contributed by atoms with Gasteiger partial charge in [0.25, 0.3) is 0 Å². The van der Waals surface area contributed by atoms with Crippen molar-refractivity contribution in [3.8, 4) is 11.5 Å². The van der Waals surface area contributed by atoms with Crippen LogP contribution >= 0.6 is 7.75 Å². The smallest absolute Gasteiger partial charge is 0.399 e. The topological polar surface area (TPSA) is 42.0 Å². The average Bonchev–Trinajstić information content (AvgIpc) is 2.73. The van der Waals surface area contributed by atoms with Crippen LogP contribution in [0.2, 0.25) is 0 Å². The Morgan fingerprint density at radius 3 is 1.46 bits per heavy atom. The zero-order chi connectivity index (χ0) is 19.8. The minimum atomic E-state index is -3.83. The van der Waals surface area contributed by atoms with Crippen LogP contribution in [0.1, 0.15) is 13.8 Å². The number of hydrogen-bond donors (Lipinski definition) is 0. The van der Waals surface area contributed by atoms with Crippen molar-refractivity contribution in [2.75, 3.05) is 17.9 Å². The number of anilines is 1. The predicted octanol–water partition coefficient (Wildman–Crippen LogP) is 6.02. The molecular weight excluding hydrogens is 371 g/mol. The van der Waals surface area contributed by atoms with Crippen LogP contribution in [-0.2, 0) is 4.57 Å². The monoisotopic (exact) mass is 396 g/mol. The van der Waals surface area contributed by atoms with Gasteiger partial charge in [-0.1, -0.05) is 68.4 Å². The highest BCUT2D eigenvalue weighted by molar-refractivity contribution is 7.56. The Labute approximate surface area is 166 Å². The molecule has 0 unspecified atom stereocenters. The maximum atomic E-state index is 14.3. The number of rotatable bonds is 9. The van der Waals surface area contributed by atoms with E-state index >= 15 is 0 Å². The van der Waals surface area contributed by atoms with Gasteiger partial charge in [0.15, 0.2) is 0 Å². The first-order valence-electron chi connectivity index (χ1n) is 9.36. The van der Waals surface area contributed by atoms with Crippen LogP contribution in [0.4, 0.5) is 5.69 Å². The maximum absolute atomic E-state index is 14.3. The lowest BCUT2D eigenvalue weighted by molar-refractivity contribution is 0.278. The summed E-state index contributed by atoms with van der Waals surface area (Å²) in [6, 6.07) is 27.7. The van der Waals surface area contributed by atoms with Crippen LogP contribution < -0.4 is 13.8 Å². The van der Waals surface area contributed by atoms with E-state index in [4.69, 9.17) is 9.05 Å². The van der Waals surface area contributed by atoms with Crippen LogP contribution in [0, 0.1) is 0 Å². The fourth-order valence-corrected chi connectivity index (χ4v) is 4.78. The van der Waals surface area contributed by atoms with Gasteiger partial charge in [-0.05, 0) is 36.4 Å². The van der Waals surface area contributed by atoms with E-state index in [2.05, 4.69) is 0 Å². The molecule has 6 heteroatoms. The molecule has 0 heterocycles. The summed E-state index contributed by atoms with van der Waals surface area (Å²) in [6.45, 7) is 5.31. The van der Waals surface area contributed by atoms with Crippen LogP contribution in [0.25, 0.3) is 0 Å². The Bertz CT molecular complexity index is 842. The van der Waals surface area contributed by atoms with Crippen molar-refractivity contribution < 1.29 is 13.6 Å². The van der Waals surface area contributed by atoms with E-state index in [-0.39, 0.29) is 0 Å². The second kappa shape index (κ2) is 9.45. The van der Waals surface area contributed by atoms with E-state index in [1.54, 1.807) is 29.0 Å². The van der Waals surface area contributed by atoms with Gasteiger partial charge in [0, 0.05) is 13.1 Å². The molecule has 0 bridgehead atoms. The minimum absolute atomic E-state index is 0.481. The second-order valence-corrected chi connectivity index (χ2v) is 7.72. The van der Waals surface area contributed by atoms with E-state index < -0.39 is 7.75 Å². The molecule has 3 rings (SSSR count). The second-order valence-electron chi connectivity index (χ2n) is 6.04. The molecule has 0 radical (unpaired) electrons. The van der Waals surface area contributed by atoms with Gasteiger partial charge in [0.2, 0.25) is 0 Å². The number of hydrazine groups is 1. The van der Waals surface area contributed by atoms with Gasteiger partial charge in [0.1, 0.15) is 11.5 Å². The molecule has 0 amide bonds. The molecule has 0 aromatic heterocycles. The molecule has 0 aliphatic carbocycles. The lowest BCUT2D eigenvalue weighted by atomic mass is 10.3. The third kappa shape index (κ3) is 4.75. The van der Waals surface area contributed by atoms with Gasteiger partial charge in [0.05, 0.1) is 5.69 Å². The fourth-order valence-electron chi connectivity index (χ4n) is 2.84. The first-order chi connectivity index (χ1) is 13.7. The van der Waals surface area contributed by atoms with Gasteiger partial charge in [-0.25, -0.2) is 9.57 Å². The molecule has 5 nitrogen and oxygen atoms in total. The summed E-state index contributed by atoms with van der Waals surface area (Å²) < 4.78 is 27.9. The Morgan fingerprint density at radius 1 is 0.679 bits per heavy atom. The normalized spacial score (nSPS) is 11.2. The zero-order valence-corrected chi connectivity index (χ0v) is 17.0. The summed E-state index contributed by atoms with van der Waals surface area (Å²) in [4.78, 5) is 0. The highest BCUT2D eigenvalue weighted by Gasteiger charge is 2.41. The Hall–Kier alpha value is -2.75. The molecule has 146 valence electrons. The molecule has 0 saturated carbocycles. The van der Waals surface area contributed by atoms with Crippen molar-refractivity contribution in [3.05, 3.63) is 91.0 Å². The highest BCUT2D eigenvalue weighted by Crippen LogP contribution is 2.54. The van der Waals surface area contributed by atoms with Crippen molar-refractivity contribution in [2.24, 2.45) is 0 Å². The Balaban J connectivity index is 2.09. The van der Waals surface area contributed by atoms with Crippen LogP contribution in [0.3, 0.4) is 0 Å². The molecule has 0 aliphatic heterocycles. The van der Waals surface area contributed by atoms with E-state index in [0.717, 1.165) is 5.69 Å². The van der Waals surface area contributed by atoms with Gasteiger partial charge in [-0.15, -0.1) is 0 Å². The predicted molar refractivity (Wildman–Crippen MR) is 114 cm³/mol. The first-order valence-corrected chi connectivity index (χ1v) is 10.9. The lowest BCUT2D eigenvalue weighted by Gasteiger charge is -2.38. The molecule has 0 fully saturated rings. The molecule has 0 atom stereocenters. The zero-order valence-electron chi connectivity index (χ0n) is 16.1. The van der Waals surface area contributed by atoms with E-state index in [0.29, 0.717) is 24.6 Å². The minimum Gasteiger partial charge on any atom is -0.399 e. The van der Waals surface area contributed by atoms with Gasteiger partial charge in [-0.2, -0.15) is 4.78 Å². The summed E-state index contributed by atoms with van der Waals surface area (Å²) >= 11 is 0. The third-order valence-electron chi connectivity index (χ3n) is 4.15. The summed E-state index contributed by atoms with van der Waals surface area (Å²) in [5, 5.41) is 1.95. The van der Waals surface area contributed by atoms with Crippen molar-refractivity contribution in [2.45, 2.75) is 13.8 Å². The van der Waals surface area contributed by atoms with Crippen LogP contribution in [0.15, 0.2) is 91.0 Å². The van der Waals surface area contributed by atoms with Crippen molar-refractivity contribution >= 4 is 13.4 Å².